The number of aromatic nitrogens is 3. The van der Waals surface area contributed by atoms with Gasteiger partial charge in [0.15, 0.2) is 17.4 Å². The van der Waals surface area contributed by atoms with Gasteiger partial charge in [0.1, 0.15) is 24.1 Å². The Hall–Kier alpha value is -4.67. The number of benzene rings is 1. The molecule has 19 nitrogen and oxygen atoms in total. The van der Waals surface area contributed by atoms with Crippen LogP contribution in [-0.2, 0) is 47.0 Å². The molecular weight excluding hydrogens is 699 g/mol. The average Bonchev–Trinajstić information content (AvgIpc) is 3.66. The summed E-state index contributed by atoms with van der Waals surface area (Å²) >= 11 is 0.957. The van der Waals surface area contributed by atoms with E-state index in [1.165, 1.54) is 19.2 Å². The summed E-state index contributed by atoms with van der Waals surface area (Å²) in [5.74, 6) is -2.60. The zero-order valence-corrected chi connectivity index (χ0v) is 28.7. The van der Waals surface area contributed by atoms with Gasteiger partial charge in [0.25, 0.3) is 17.9 Å². The number of ether oxygens (including phenoxy) is 1. The summed E-state index contributed by atoms with van der Waals surface area (Å²) in [4.78, 5) is 47.0. The maximum atomic E-state index is 13.3. The number of nitrogens with zero attached hydrogens (tertiary/aromatic N) is 5. The number of oxime groups is 1. The highest BCUT2D eigenvalue weighted by Crippen LogP contribution is 2.33. The first kappa shape index (κ1) is 36.6. The first-order chi connectivity index (χ1) is 23.7. The molecular formula is C29H37N9O10S2. The van der Waals surface area contributed by atoms with Crippen molar-refractivity contribution >= 4 is 50.4 Å². The zero-order valence-electron chi connectivity index (χ0n) is 27.1. The van der Waals surface area contributed by atoms with E-state index in [9.17, 15) is 32.5 Å². The molecule has 2 amide bonds. The van der Waals surface area contributed by atoms with Crippen LogP contribution in [0.2, 0.25) is 0 Å². The van der Waals surface area contributed by atoms with Gasteiger partial charge in [0.05, 0.1) is 23.8 Å². The number of nitrogens with one attached hydrogen (secondary N) is 2. The van der Waals surface area contributed by atoms with Crippen molar-refractivity contribution in [3.8, 4) is 16.9 Å². The normalized spacial score (nSPS) is 18.2. The minimum absolute atomic E-state index is 0.0555. The number of nitrogen functional groups attached to an aromatic ring is 1. The molecule has 2 fully saturated rings. The molecule has 21 heteroatoms. The lowest BCUT2D eigenvalue weighted by molar-refractivity contribution is -0.781. The van der Waals surface area contributed by atoms with E-state index in [1.54, 1.807) is 12.1 Å². The van der Waals surface area contributed by atoms with E-state index in [4.69, 9.17) is 21.0 Å². The summed E-state index contributed by atoms with van der Waals surface area (Å²) in [7, 11) is -5.27. The number of hydroxylamine groups is 2. The number of β-lactam (4-membered cyclic amide) rings is 1. The number of anilines is 1. The molecule has 1 aromatic carbocycles. The predicted molar refractivity (Wildman–Crippen MR) is 175 cm³/mol. The molecule has 3 aromatic rings. The van der Waals surface area contributed by atoms with E-state index >= 15 is 0 Å². The number of hydrogen-bond donors (Lipinski definition) is 5. The molecule has 270 valence electrons. The second-order valence-corrected chi connectivity index (χ2v) is 14.0. The van der Waals surface area contributed by atoms with Crippen molar-refractivity contribution in [2.75, 3.05) is 32.0 Å². The molecule has 4 heterocycles. The number of amides is 2. The van der Waals surface area contributed by atoms with Crippen LogP contribution in [0.25, 0.3) is 11.1 Å². The Bertz CT molecular complexity index is 1860. The van der Waals surface area contributed by atoms with Crippen LogP contribution in [-0.4, -0.2) is 100 Å². The molecule has 2 aromatic heterocycles. The van der Waals surface area contributed by atoms with E-state index in [-0.39, 0.29) is 10.8 Å². The smallest absolute Gasteiger partial charge is 0.351 e. The third-order valence-corrected chi connectivity index (χ3v) is 9.05. The SMILES string of the molecule is CC1(C)[C@H](NC(=O)/C(=N\O[C@@H](COc2ccc(-c3cn(CCCN)[n+](CC4CNC4)c3)cc2)C(=O)O)c2csc(N)n2)C(=O)N1OS(=O)(=O)[O-]. The molecule has 0 bridgehead atoms. The highest BCUT2D eigenvalue weighted by atomic mass is 32.3. The fourth-order valence-electron chi connectivity index (χ4n) is 5.19. The second kappa shape index (κ2) is 15.1. The van der Waals surface area contributed by atoms with Crippen LogP contribution in [0.15, 0.2) is 47.2 Å². The number of carbonyl (C=O) groups excluding carboxylic acids is 2. The Kier molecular flexibility index (Phi) is 11.0. The number of aliphatic carboxylic acids is 1. The van der Waals surface area contributed by atoms with Crippen LogP contribution < -0.4 is 31.5 Å². The molecule has 7 N–H and O–H groups in total. The topological polar surface area (TPSA) is 270 Å². The Morgan fingerprint density at radius 3 is 2.56 bits per heavy atom. The third-order valence-electron chi connectivity index (χ3n) is 8.04. The van der Waals surface area contributed by atoms with Crippen LogP contribution in [0.4, 0.5) is 5.13 Å². The van der Waals surface area contributed by atoms with Crippen molar-refractivity contribution in [2.45, 2.75) is 51.0 Å². The van der Waals surface area contributed by atoms with E-state index in [0.29, 0.717) is 23.3 Å². The van der Waals surface area contributed by atoms with E-state index in [1.807, 2.05) is 12.1 Å². The Morgan fingerprint density at radius 1 is 1.28 bits per heavy atom. The van der Waals surface area contributed by atoms with Gasteiger partial charge in [-0.1, -0.05) is 17.3 Å². The largest absolute Gasteiger partial charge is 0.724 e. The van der Waals surface area contributed by atoms with E-state index < -0.39 is 58.2 Å². The van der Waals surface area contributed by atoms with Gasteiger partial charge in [-0.2, -0.15) is 14.0 Å². The maximum absolute atomic E-state index is 13.3. The fourth-order valence-corrected chi connectivity index (χ4v) is 6.19. The summed E-state index contributed by atoms with van der Waals surface area (Å²) < 4.78 is 47.3. The van der Waals surface area contributed by atoms with Crippen LogP contribution in [0.1, 0.15) is 26.0 Å². The number of carbonyl (C=O) groups is 3. The Morgan fingerprint density at radius 2 is 2.00 bits per heavy atom. The van der Waals surface area contributed by atoms with Crippen LogP contribution >= 0.6 is 11.3 Å². The molecule has 2 aliphatic rings. The van der Waals surface area contributed by atoms with Crippen LogP contribution in [0.3, 0.4) is 0 Å². The summed E-state index contributed by atoms with van der Waals surface area (Å²) in [6.45, 7) is 6.39. The Labute approximate surface area is 290 Å². The van der Waals surface area contributed by atoms with Gasteiger partial charge in [0, 0.05) is 24.4 Å². The lowest BCUT2D eigenvalue weighted by atomic mass is 9.84. The zero-order chi connectivity index (χ0) is 36.2. The van der Waals surface area contributed by atoms with Gasteiger partial charge in [-0.15, -0.1) is 16.0 Å². The molecule has 0 spiro atoms. The quantitative estimate of drug-likeness (QED) is 0.0272. The van der Waals surface area contributed by atoms with Gasteiger partial charge in [-0.3, -0.25) is 9.59 Å². The number of aryl methyl sites for hydroxylation is 1. The number of carboxylic acid groups (broad SMARTS) is 1. The van der Waals surface area contributed by atoms with Gasteiger partial charge in [-0.25, -0.2) is 18.2 Å². The van der Waals surface area contributed by atoms with Gasteiger partial charge < -0.3 is 41.3 Å². The molecule has 0 radical (unpaired) electrons. The van der Waals surface area contributed by atoms with Crippen molar-refractivity contribution in [3.05, 3.63) is 47.7 Å². The minimum atomic E-state index is -5.27. The number of thiazole rings is 1. The molecule has 0 aliphatic carbocycles. The second-order valence-electron chi connectivity index (χ2n) is 12.1. The molecule has 2 saturated heterocycles. The predicted octanol–water partition coefficient (Wildman–Crippen LogP) is -1.20. The molecule has 50 heavy (non-hydrogen) atoms. The van der Waals surface area contributed by atoms with Crippen molar-refractivity contribution < 1.29 is 51.0 Å². The van der Waals surface area contributed by atoms with E-state index in [2.05, 4.69) is 46.8 Å². The molecule has 2 atom stereocenters. The number of carboxylic acids is 1. The highest BCUT2D eigenvalue weighted by molar-refractivity contribution is 7.80. The Balaban J connectivity index is 1.25. The highest BCUT2D eigenvalue weighted by Gasteiger charge is 2.57. The van der Waals surface area contributed by atoms with Gasteiger partial charge >= 0.3 is 5.97 Å². The minimum Gasteiger partial charge on any atom is -0.724 e. The third kappa shape index (κ3) is 8.54. The first-order valence-corrected chi connectivity index (χ1v) is 17.6. The van der Waals surface area contributed by atoms with Gasteiger partial charge in [-0.05, 0) is 44.5 Å². The number of nitrogens with two attached hydrogens (primary N) is 2. The maximum Gasteiger partial charge on any atom is 0.351 e. The fraction of sp³-hybridized carbons (Fsp3) is 0.448. The molecule has 0 saturated carbocycles. The first-order valence-electron chi connectivity index (χ1n) is 15.4. The van der Waals surface area contributed by atoms with Gasteiger partial charge in [0.2, 0.25) is 16.6 Å². The molecule has 5 rings (SSSR count). The van der Waals surface area contributed by atoms with Crippen molar-refractivity contribution in [3.63, 3.8) is 0 Å². The summed E-state index contributed by atoms with van der Waals surface area (Å²) in [5.41, 5.74) is 11.3. The van der Waals surface area contributed by atoms with Crippen molar-refractivity contribution in [1.82, 2.24) is 25.4 Å². The lowest BCUT2D eigenvalue weighted by Gasteiger charge is -2.51. The standard InChI is InChI=1S/C29H37N9O10S2/c1-29(2)24(26(40)38(29)48-50(43,44)45)34-25(39)23(21-16-49-28(31)33-21)35-47-22(27(41)42)15-46-20-6-4-18(5-7-20)19-13-36(9-3-8-30)37(14-19)12-17-10-32-11-17/h4-7,13-14,16-17,22,24,32H,3,8-12,15,30H2,1-2H3,(H4-,31,33,34,39,41,42,43,44,45)/b35-23-/t22-,24+/m0/s1. The van der Waals surface area contributed by atoms with Crippen molar-refractivity contribution in [2.24, 2.45) is 16.8 Å². The summed E-state index contributed by atoms with van der Waals surface area (Å²) in [5, 5.41) is 20.9. The van der Waals surface area contributed by atoms with Crippen molar-refractivity contribution in [1.29, 1.82) is 0 Å². The van der Waals surface area contributed by atoms with E-state index in [0.717, 1.165) is 55.1 Å². The molecule has 0 unspecified atom stereocenters. The number of hydrogen-bond acceptors (Lipinski definition) is 15. The van der Waals surface area contributed by atoms with Crippen LogP contribution in [0.5, 0.6) is 5.75 Å². The van der Waals surface area contributed by atoms with Crippen LogP contribution in [0, 0.1) is 5.92 Å². The summed E-state index contributed by atoms with van der Waals surface area (Å²) in [6.07, 6.45) is 3.31. The molecule has 2 aliphatic heterocycles. The lowest BCUT2D eigenvalue weighted by Crippen LogP contribution is -2.76. The number of rotatable bonds is 17. The monoisotopic (exact) mass is 735 g/mol. The average molecular weight is 736 g/mol. The summed E-state index contributed by atoms with van der Waals surface area (Å²) in [6, 6.07) is 5.72.